The standard InChI is InChI=1S/C29H31N3O7/c1-3-4-9-16-30-26(34)23(31-18(2)33)17-19-14-15-25(21-11-6-5-10-20(19)21)32(27(35)29(38)39)24-13-8-7-12-22(24)28(36)37/h5-8,10-15,23H,3-4,9,16-17H2,1-2H3,(H,30,34)(H,31,33)(H,36,37)(H,38,39). The van der Waals surface area contributed by atoms with Crippen molar-refractivity contribution in [1.29, 1.82) is 0 Å². The van der Waals surface area contributed by atoms with Crippen LogP contribution in [0.1, 0.15) is 49.0 Å². The molecular formula is C29H31N3O7. The maximum Gasteiger partial charge on any atom is 0.395 e. The number of aromatic carboxylic acids is 1. The van der Waals surface area contributed by atoms with Crippen LogP contribution in [0, 0.1) is 0 Å². The lowest BCUT2D eigenvalue weighted by molar-refractivity contribution is -0.148. The summed E-state index contributed by atoms with van der Waals surface area (Å²) in [5.41, 5.74) is 0.491. The molecule has 0 fully saturated rings. The SMILES string of the molecule is CCCCCNC(=O)C(Cc1ccc(N(C(=O)C(=O)O)c2ccccc2C(=O)O)c2ccccc12)NC(C)=O. The van der Waals surface area contributed by atoms with E-state index in [1.54, 1.807) is 30.3 Å². The summed E-state index contributed by atoms with van der Waals surface area (Å²) in [6.45, 7) is 3.87. The van der Waals surface area contributed by atoms with Crippen LogP contribution < -0.4 is 15.5 Å². The summed E-state index contributed by atoms with van der Waals surface area (Å²) in [6.07, 6.45) is 2.92. The Morgan fingerprint density at radius 2 is 1.51 bits per heavy atom. The summed E-state index contributed by atoms with van der Waals surface area (Å²) in [6, 6.07) is 14.8. The van der Waals surface area contributed by atoms with Gasteiger partial charge in [-0.3, -0.25) is 19.3 Å². The number of carboxylic acids is 2. The lowest BCUT2D eigenvalue weighted by atomic mass is 9.96. The summed E-state index contributed by atoms with van der Waals surface area (Å²) < 4.78 is 0. The second-order valence-corrected chi connectivity index (χ2v) is 9.01. The van der Waals surface area contributed by atoms with Crippen molar-refractivity contribution in [2.45, 2.75) is 45.6 Å². The Morgan fingerprint density at radius 3 is 2.15 bits per heavy atom. The summed E-state index contributed by atoms with van der Waals surface area (Å²) in [5.74, 6) is -5.10. The van der Waals surface area contributed by atoms with Gasteiger partial charge >= 0.3 is 17.8 Å². The van der Waals surface area contributed by atoms with Crippen LogP contribution in [0.2, 0.25) is 0 Å². The number of carbonyl (C=O) groups is 5. The van der Waals surface area contributed by atoms with Gasteiger partial charge in [0.05, 0.1) is 16.9 Å². The number of hydrogen-bond donors (Lipinski definition) is 4. The molecule has 4 N–H and O–H groups in total. The molecule has 0 radical (unpaired) electrons. The summed E-state index contributed by atoms with van der Waals surface area (Å²) in [5, 5.41) is 25.9. The van der Waals surface area contributed by atoms with Crippen LogP contribution in [0.4, 0.5) is 11.4 Å². The first-order valence-corrected chi connectivity index (χ1v) is 12.6. The first-order valence-electron chi connectivity index (χ1n) is 12.6. The Labute approximate surface area is 225 Å². The number of aliphatic carboxylic acids is 1. The van der Waals surface area contributed by atoms with Crippen molar-refractivity contribution in [3.8, 4) is 0 Å². The number of hydrogen-bond acceptors (Lipinski definition) is 5. The average molecular weight is 534 g/mol. The van der Waals surface area contributed by atoms with Crippen LogP contribution in [0.25, 0.3) is 10.8 Å². The Balaban J connectivity index is 2.10. The molecule has 0 saturated heterocycles. The van der Waals surface area contributed by atoms with E-state index in [0.29, 0.717) is 22.9 Å². The molecule has 3 aromatic rings. The Kier molecular flexibility index (Phi) is 9.75. The third-order valence-corrected chi connectivity index (χ3v) is 6.19. The molecule has 0 aliphatic carbocycles. The van der Waals surface area contributed by atoms with E-state index in [-0.39, 0.29) is 35.2 Å². The number of fused-ring (bicyclic) bond motifs is 1. The molecule has 39 heavy (non-hydrogen) atoms. The molecule has 3 rings (SSSR count). The van der Waals surface area contributed by atoms with Gasteiger partial charge in [-0.1, -0.05) is 62.2 Å². The second kappa shape index (κ2) is 13.2. The molecule has 10 heteroatoms. The number of carbonyl (C=O) groups excluding carboxylic acids is 3. The van der Waals surface area contributed by atoms with Gasteiger partial charge in [0.15, 0.2) is 0 Å². The molecule has 1 unspecified atom stereocenters. The molecule has 1 atom stereocenters. The second-order valence-electron chi connectivity index (χ2n) is 9.01. The molecule has 3 amide bonds. The minimum atomic E-state index is -1.76. The lowest BCUT2D eigenvalue weighted by Crippen LogP contribution is -2.47. The van der Waals surface area contributed by atoms with Gasteiger partial charge in [-0.2, -0.15) is 0 Å². The number of nitrogens with one attached hydrogen (secondary N) is 2. The van der Waals surface area contributed by atoms with Crippen molar-refractivity contribution in [2.75, 3.05) is 11.4 Å². The van der Waals surface area contributed by atoms with Gasteiger partial charge < -0.3 is 20.8 Å². The van der Waals surface area contributed by atoms with E-state index in [4.69, 9.17) is 0 Å². The molecule has 0 aliphatic heterocycles. The Morgan fingerprint density at radius 1 is 0.846 bits per heavy atom. The minimum absolute atomic E-state index is 0.0992. The molecule has 0 bridgehead atoms. The minimum Gasteiger partial charge on any atom is -0.478 e. The van der Waals surface area contributed by atoms with Crippen molar-refractivity contribution in [1.82, 2.24) is 10.6 Å². The first-order chi connectivity index (χ1) is 18.6. The molecule has 3 aromatic carbocycles. The molecule has 204 valence electrons. The molecule has 0 spiro atoms. The fraction of sp³-hybridized carbons (Fsp3) is 0.276. The highest BCUT2D eigenvalue weighted by Gasteiger charge is 2.30. The van der Waals surface area contributed by atoms with Gasteiger partial charge in [0.2, 0.25) is 11.8 Å². The van der Waals surface area contributed by atoms with E-state index in [1.807, 2.05) is 0 Å². The van der Waals surface area contributed by atoms with E-state index < -0.39 is 23.9 Å². The number of anilines is 2. The van der Waals surface area contributed by atoms with Gasteiger partial charge in [-0.15, -0.1) is 0 Å². The quantitative estimate of drug-likeness (QED) is 0.217. The lowest BCUT2D eigenvalue weighted by Gasteiger charge is -2.25. The van der Waals surface area contributed by atoms with Gasteiger partial charge in [0.1, 0.15) is 6.04 Å². The van der Waals surface area contributed by atoms with E-state index >= 15 is 0 Å². The number of benzene rings is 3. The number of para-hydroxylation sites is 1. The van der Waals surface area contributed by atoms with Crippen molar-refractivity contribution in [2.24, 2.45) is 0 Å². The maximum absolute atomic E-state index is 12.9. The summed E-state index contributed by atoms with van der Waals surface area (Å²) in [7, 11) is 0. The Hall–Kier alpha value is -4.73. The number of unbranched alkanes of at least 4 members (excludes halogenated alkanes) is 2. The zero-order valence-corrected chi connectivity index (χ0v) is 21.8. The number of rotatable bonds is 11. The molecule has 0 aromatic heterocycles. The topological polar surface area (TPSA) is 153 Å². The summed E-state index contributed by atoms with van der Waals surface area (Å²) >= 11 is 0. The third kappa shape index (κ3) is 6.98. The van der Waals surface area contributed by atoms with E-state index in [0.717, 1.165) is 24.2 Å². The van der Waals surface area contributed by atoms with E-state index in [1.165, 1.54) is 37.3 Å². The number of nitrogens with zero attached hydrogens (tertiary/aromatic N) is 1. The monoisotopic (exact) mass is 533 g/mol. The van der Waals surface area contributed by atoms with Crippen LogP contribution in [-0.4, -0.2) is 52.5 Å². The third-order valence-electron chi connectivity index (χ3n) is 6.19. The fourth-order valence-corrected chi connectivity index (χ4v) is 4.40. The van der Waals surface area contributed by atoms with Crippen LogP contribution in [-0.2, 0) is 25.6 Å². The zero-order chi connectivity index (χ0) is 28.5. The molecule has 0 aliphatic rings. The first kappa shape index (κ1) is 28.8. The highest BCUT2D eigenvalue weighted by molar-refractivity contribution is 6.40. The van der Waals surface area contributed by atoms with Crippen LogP contribution in [0.15, 0.2) is 60.7 Å². The molecular weight excluding hydrogens is 502 g/mol. The van der Waals surface area contributed by atoms with E-state index in [9.17, 15) is 34.2 Å². The highest BCUT2D eigenvalue weighted by Crippen LogP contribution is 2.36. The van der Waals surface area contributed by atoms with Gasteiger partial charge in [0.25, 0.3) is 0 Å². The van der Waals surface area contributed by atoms with Gasteiger partial charge in [-0.05, 0) is 35.6 Å². The zero-order valence-electron chi connectivity index (χ0n) is 21.8. The van der Waals surface area contributed by atoms with Crippen molar-refractivity contribution in [3.63, 3.8) is 0 Å². The predicted octanol–water partition coefficient (Wildman–Crippen LogP) is 3.64. The maximum atomic E-state index is 12.9. The van der Waals surface area contributed by atoms with Crippen molar-refractivity contribution < 1.29 is 34.2 Å². The smallest absolute Gasteiger partial charge is 0.395 e. The van der Waals surface area contributed by atoms with Gasteiger partial charge in [0, 0.05) is 25.3 Å². The number of carboxylic acid groups (broad SMARTS) is 2. The van der Waals surface area contributed by atoms with Crippen molar-refractivity contribution >= 4 is 51.8 Å². The molecule has 0 saturated carbocycles. The average Bonchev–Trinajstić information content (AvgIpc) is 2.91. The summed E-state index contributed by atoms with van der Waals surface area (Å²) in [4.78, 5) is 62.3. The highest BCUT2D eigenvalue weighted by atomic mass is 16.4. The largest absolute Gasteiger partial charge is 0.478 e. The Bertz CT molecular complexity index is 1400. The van der Waals surface area contributed by atoms with Crippen LogP contribution >= 0.6 is 0 Å². The van der Waals surface area contributed by atoms with Crippen LogP contribution in [0.5, 0.6) is 0 Å². The van der Waals surface area contributed by atoms with Crippen LogP contribution in [0.3, 0.4) is 0 Å². The predicted molar refractivity (Wildman–Crippen MR) is 146 cm³/mol. The number of amides is 3. The van der Waals surface area contributed by atoms with Crippen molar-refractivity contribution in [3.05, 3.63) is 71.8 Å². The molecule has 0 heterocycles. The van der Waals surface area contributed by atoms with E-state index in [2.05, 4.69) is 17.6 Å². The fourth-order valence-electron chi connectivity index (χ4n) is 4.40. The molecule has 10 nitrogen and oxygen atoms in total. The van der Waals surface area contributed by atoms with Gasteiger partial charge in [-0.25, -0.2) is 9.59 Å². The normalized spacial score (nSPS) is 11.4.